The van der Waals surface area contributed by atoms with Crippen LogP contribution in [0.1, 0.15) is 24.8 Å². The Balaban J connectivity index is 1.67. The van der Waals surface area contributed by atoms with Gasteiger partial charge in [0.15, 0.2) is 0 Å². The lowest BCUT2D eigenvalue weighted by molar-refractivity contribution is -0.150. The average molecular weight is 399 g/mol. The number of para-hydroxylation sites is 1. The van der Waals surface area contributed by atoms with Crippen molar-refractivity contribution in [3.05, 3.63) is 48.6 Å². The lowest BCUT2D eigenvalue weighted by atomic mass is 9.76. The van der Waals surface area contributed by atoms with E-state index in [1.54, 1.807) is 13.2 Å². The van der Waals surface area contributed by atoms with Crippen LogP contribution in [0.4, 0.5) is 0 Å². The summed E-state index contributed by atoms with van der Waals surface area (Å²) in [6, 6.07) is 7.92. The average Bonchev–Trinajstić information content (AvgIpc) is 3.01. The second-order valence-electron chi connectivity index (χ2n) is 7.62. The van der Waals surface area contributed by atoms with Crippen LogP contribution in [0.5, 0.6) is 5.75 Å². The van der Waals surface area contributed by atoms with Crippen LogP contribution >= 0.6 is 0 Å². The minimum Gasteiger partial charge on any atom is -0.496 e. The van der Waals surface area contributed by atoms with Crippen LogP contribution in [0, 0.1) is 5.92 Å². The van der Waals surface area contributed by atoms with Crippen molar-refractivity contribution in [2.45, 2.75) is 24.8 Å². The molecular formula is C23H30N2O4. The summed E-state index contributed by atoms with van der Waals surface area (Å²) in [4.78, 5) is 29.2. The van der Waals surface area contributed by atoms with Crippen molar-refractivity contribution < 1.29 is 19.1 Å². The van der Waals surface area contributed by atoms with E-state index in [9.17, 15) is 9.59 Å². The number of hydrogen-bond donors (Lipinski definition) is 0. The van der Waals surface area contributed by atoms with E-state index in [2.05, 4.69) is 23.6 Å². The number of carbonyl (C=O) groups excluding carboxylic acids is 2. The zero-order chi connectivity index (χ0) is 20.9. The van der Waals surface area contributed by atoms with Crippen LogP contribution in [-0.2, 0) is 14.3 Å². The Bertz CT molecular complexity index is 781. The summed E-state index contributed by atoms with van der Waals surface area (Å²) in [6.07, 6.45) is 7.69. The molecule has 156 valence electrons. The third-order valence-electron chi connectivity index (χ3n) is 6.19. The van der Waals surface area contributed by atoms with Crippen molar-refractivity contribution in [2.75, 3.05) is 40.4 Å². The quantitative estimate of drug-likeness (QED) is 0.522. The van der Waals surface area contributed by atoms with Gasteiger partial charge in [-0.1, -0.05) is 36.4 Å². The summed E-state index contributed by atoms with van der Waals surface area (Å²) in [5, 5.41) is 0. The SMILES string of the molecule is C=CCN1C(=O)CC(C(=O)OC)C12CCN(C/C=C/c1ccccc1OC)CC2. The van der Waals surface area contributed by atoms with Gasteiger partial charge in [0.1, 0.15) is 5.75 Å². The third kappa shape index (κ3) is 4.22. The van der Waals surface area contributed by atoms with Gasteiger partial charge in [-0.25, -0.2) is 0 Å². The molecule has 1 aromatic carbocycles. The summed E-state index contributed by atoms with van der Waals surface area (Å²) < 4.78 is 10.4. The molecule has 6 heteroatoms. The Morgan fingerprint density at radius 3 is 2.62 bits per heavy atom. The van der Waals surface area contributed by atoms with E-state index in [0.29, 0.717) is 6.54 Å². The van der Waals surface area contributed by atoms with Crippen LogP contribution < -0.4 is 4.74 Å². The van der Waals surface area contributed by atoms with E-state index < -0.39 is 11.5 Å². The number of amides is 1. The minimum absolute atomic E-state index is 0.0184. The van der Waals surface area contributed by atoms with Crippen molar-refractivity contribution in [3.8, 4) is 5.75 Å². The number of methoxy groups -OCH3 is 2. The first-order valence-corrected chi connectivity index (χ1v) is 10.1. The van der Waals surface area contributed by atoms with Crippen LogP contribution in [0.15, 0.2) is 43.0 Å². The maximum atomic E-state index is 12.6. The van der Waals surface area contributed by atoms with Gasteiger partial charge < -0.3 is 14.4 Å². The minimum atomic E-state index is -0.457. The Morgan fingerprint density at radius 1 is 1.24 bits per heavy atom. The highest BCUT2D eigenvalue weighted by Gasteiger charge is 2.56. The molecule has 0 saturated carbocycles. The van der Waals surface area contributed by atoms with E-state index in [1.165, 1.54) is 7.11 Å². The second-order valence-corrected chi connectivity index (χ2v) is 7.62. The van der Waals surface area contributed by atoms with Gasteiger partial charge in [-0.05, 0) is 18.9 Å². The fourth-order valence-electron chi connectivity index (χ4n) is 4.64. The fourth-order valence-corrected chi connectivity index (χ4v) is 4.64. The van der Waals surface area contributed by atoms with Crippen LogP contribution in [0.2, 0.25) is 0 Å². The van der Waals surface area contributed by atoms with E-state index in [0.717, 1.165) is 43.8 Å². The predicted octanol–water partition coefficient (Wildman–Crippen LogP) is 2.75. The smallest absolute Gasteiger partial charge is 0.311 e. The number of ether oxygens (including phenoxy) is 2. The second kappa shape index (κ2) is 9.27. The predicted molar refractivity (Wildman–Crippen MR) is 112 cm³/mol. The summed E-state index contributed by atoms with van der Waals surface area (Å²) in [7, 11) is 3.07. The summed E-state index contributed by atoms with van der Waals surface area (Å²) >= 11 is 0. The first-order valence-electron chi connectivity index (χ1n) is 10.1. The monoisotopic (exact) mass is 398 g/mol. The van der Waals surface area contributed by atoms with E-state index >= 15 is 0 Å². The molecule has 2 aliphatic rings. The maximum Gasteiger partial charge on any atom is 0.311 e. The Kier molecular flexibility index (Phi) is 6.75. The molecule has 0 N–H and O–H groups in total. The van der Waals surface area contributed by atoms with Gasteiger partial charge in [-0.2, -0.15) is 0 Å². The first kappa shape index (κ1) is 21.1. The number of likely N-dealkylation sites (tertiary alicyclic amines) is 2. The summed E-state index contributed by atoms with van der Waals surface area (Å²) in [5.74, 6) is 0.192. The molecule has 2 saturated heterocycles. The Morgan fingerprint density at radius 2 is 1.97 bits per heavy atom. The highest BCUT2D eigenvalue weighted by molar-refractivity contribution is 5.89. The topological polar surface area (TPSA) is 59.1 Å². The van der Waals surface area contributed by atoms with Gasteiger partial charge in [0, 0.05) is 38.2 Å². The molecule has 29 heavy (non-hydrogen) atoms. The van der Waals surface area contributed by atoms with Crippen LogP contribution in [0.3, 0.4) is 0 Å². The standard InChI is InChI=1S/C23H30N2O4/c1-4-13-25-21(26)17-19(22(27)29-3)23(25)11-15-24(16-12-23)14-7-9-18-8-5-6-10-20(18)28-2/h4-10,19H,1,11-17H2,2-3H3/b9-7+. The van der Waals surface area contributed by atoms with E-state index in [-0.39, 0.29) is 18.3 Å². The fraction of sp³-hybridized carbons (Fsp3) is 0.478. The molecule has 1 spiro atoms. The molecule has 1 atom stereocenters. The number of carbonyl (C=O) groups is 2. The molecular weight excluding hydrogens is 368 g/mol. The zero-order valence-electron chi connectivity index (χ0n) is 17.3. The maximum absolute atomic E-state index is 12.6. The van der Waals surface area contributed by atoms with Gasteiger partial charge in [0.05, 0.1) is 25.7 Å². The molecule has 1 aromatic rings. The molecule has 0 bridgehead atoms. The number of rotatable bonds is 7. The van der Waals surface area contributed by atoms with Gasteiger partial charge >= 0.3 is 5.97 Å². The molecule has 2 heterocycles. The highest BCUT2D eigenvalue weighted by Crippen LogP contribution is 2.44. The molecule has 6 nitrogen and oxygen atoms in total. The van der Waals surface area contributed by atoms with Crippen molar-refractivity contribution >= 4 is 18.0 Å². The third-order valence-corrected chi connectivity index (χ3v) is 6.19. The number of piperidine rings is 1. The van der Waals surface area contributed by atoms with Crippen molar-refractivity contribution in [3.63, 3.8) is 0 Å². The first-order chi connectivity index (χ1) is 14.1. The summed E-state index contributed by atoms with van der Waals surface area (Å²) in [6.45, 7) is 6.72. The van der Waals surface area contributed by atoms with Crippen molar-refractivity contribution in [2.24, 2.45) is 5.92 Å². The van der Waals surface area contributed by atoms with Gasteiger partial charge in [-0.3, -0.25) is 14.5 Å². The zero-order valence-corrected chi connectivity index (χ0v) is 17.3. The number of benzene rings is 1. The normalized spacial score (nSPS) is 21.7. The molecule has 1 unspecified atom stereocenters. The molecule has 0 aliphatic carbocycles. The lowest BCUT2D eigenvalue weighted by Crippen LogP contribution is -2.57. The Labute approximate surface area is 172 Å². The van der Waals surface area contributed by atoms with E-state index in [4.69, 9.17) is 9.47 Å². The number of esters is 1. The molecule has 2 aliphatic heterocycles. The number of hydrogen-bond acceptors (Lipinski definition) is 5. The van der Waals surface area contributed by atoms with Crippen LogP contribution in [0.25, 0.3) is 6.08 Å². The molecule has 3 rings (SSSR count). The largest absolute Gasteiger partial charge is 0.496 e. The van der Waals surface area contributed by atoms with Gasteiger partial charge in [0.2, 0.25) is 5.91 Å². The van der Waals surface area contributed by atoms with Crippen molar-refractivity contribution in [1.29, 1.82) is 0 Å². The lowest BCUT2D eigenvalue weighted by Gasteiger charge is -2.46. The molecule has 1 amide bonds. The highest BCUT2D eigenvalue weighted by atomic mass is 16.5. The molecule has 2 fully saturated rings. The molecule has 0 radical (unpaired) electrons. The number of nitrogens with zero attached hydrogens (tertiary/aromatic N) is 2. The van der Waals surface area contributed by atoms with Gasteiger partial charge in [-0.15, -0.1) is 6.58 Å². The summed E-state index contributed by atoms with van der Waals surface area (Å²) in [5.41, 5.74) is 0.592. The van der Waals surface area contributed by atoms with Crippen LogP contribution in [-0.4, -0.2) is 67.6 Å². The Hall–Kier alpha value is -2.60. The van der Waals surface area contributed by atoms with Crippen molar-refractivity contribution in [1.82, 2.24) is 9.80 Å². The molecule has 0 aromatic heterocycles. The van der Waals surface area contributed by atoms with E-state index in [1.807, 2.05) is 29.2 Å². The van der Waals surface area contributed by atoms with Gasteiger partial charge in [0.25, 0.3) is 0 Å².